The first kappa shape index (κ1) is 15.8. The minimum Gasteiger partial charge on any atom is -0.340 e. The van der Waals surface area contributed by atoms with Crippen molar-refractivity contribution in [3.63, 3.8) is 0 Å². The minimum atomic E-state index is 0.268. The van der Waals surface area contributed by atoms with Crippen LogP contribution >= 0.6 is 0 Å². The Labute approximate surface area is 124 Å². The van der Waals surface area contributed by atoms with Crippen LogP contribution in [-0.4, -0.2) is 47.4 Å². The van der Waals surface area contributed by atoms with E-state index >= 15 is 0 Å². The van der Waals surface area contributed by atoms with Crippen LogP contribution in [0.25, 0.3) is 0 Å². The van der Waals surface area contributed by atoms with Crippen LogP contribution in [0, 0.1) is 11.8 Å². The first-order chi connectivity index (χ1) is 9.60. The van der Waals surface area contributed by atoms with Gasteiger partial charge < -0.3 is 4.90 Å². The number of nitrogens with zero attached hydrogens (tertiary/aromatic N) is 2. The molecular formula is C17H32N2O. The number of hydrogen-bond donors (Lipinski definition) is 0. The molecule has 20 heavy (non-hydrogen) atoms. The molecule has 3 heteroatoms. The zero-order valence-electron chi connectivity index (χ0n) is 13.8. The molecule has 0 saturated carbocycles. The number of amides is 1. The molecule has 2 rings (SSSR count). The summed E-state index contributed by atoms with van der Waals surface area (Å²) in [5.74, 6) is 1.63. The predicted molar refractivity (Wildman–Crippen MR) is 83.6 cm³/mol. The standard InChI is InChI=1S/C17H32N2O/c1-5-8-16-13(3)19(14(4)20)12-15-9-7-11-18(10-6-2)17(15)16/h13,15-17H,5-12H2,1-4H3. The third-order valence-corrected chi connectivity index (χ3v) is 5.44. The van der Waals surface area contributed by atoms with Crippen LogP contribution in [0.3, 0.4) is 0 Å². The van der Waals surface area contributed by atoms with Gasteiger partial charge in [-0.3, -0.25) is 9.69 Å². The number of piperidine rings is 2. The summed E-state index contributed by atoms with van der Waals surface area (Å²) >= 11 is 0. The second-order valence-electron chi connectivity index (χ2n) is 6.79. The summed E-state index contributed by atoms with van der Waals surface area (Å²) in [5.41, 5.74) is 0. The number of likely N-dealkylation sites (tertiary alicyclic amines) is 2. The molecule has 0 aromatic heterocycles. The molecule has 2 saturated heterocycles. The molecule has 0 radical (unpaired) electrons. The molecule has 4 atom stereocenters. The highest BCUT2D eigenvalue weighted by Crippen LogP contribution is 2.39. The molecule has 3 nitrogen and oxygen atoms in total. The Kier molecular flexibility index (Phi) is 5.48. The van der Waals surface area contributed by atoms with Gasteiger partial charge in [0.1, 0.15) is 0 Å². The van der Waals surface area contributed by atoms with Crippen LogP contribution in [-0.2, 0) is 4.79 Å². The third kappa shape index (κ3) is 3.03. The Morgan fingerprint density at radius 1 is 1.25 bits per heavy atom. The monoisotopic (exact) mass is 280 g/mol. The highest BCUT2D eigenvalue weighted by molar-refractivity contribution is 5.73. The second-order valence-corrected chi connectivity index (χ2v) is 6.79. The maximum atomic E-state index is 12.0. The summed E-state index contributed by atoms with van der Waals surface area (Å²) in [6.07, 6.45) is 6.34. The van der Waals surface area contributed by atoms with Gasteiger partial charge in [-0.2, -0.15) is 0 Å². The molecule has 0 bridgehead atoms. The van der Waals surface area contributed by atoms with E-state index in [1.807, 2.05) is 0 Å². The topological polar surface area (TPSA) is 23.6 Å². The van der Waals surface area contributed by atoms with Crippen molar-refractivity contribution in [2.24, 2.45) is 11.8 Å². The Hall–Kier alpha value is -0.570. The third-order valence-electron chi connectivity index (χ3n) is 5.44. The Bertz CT molecular complexity index is 329. The Morgan fingerprint density at radius 3 is 2.60 bits per heavy atom. The Balaban J connectivity index is 2.22. The number of rotatable bonds is 4. The highest BCUT2D eigenvalue weighted by Gasteiger charge is 2.45. The molecule has 0 aromatic carbocycles. The van der Waals surface area contributed by atoms with Gasteiger partial charge in [-0.25, -0.2) is 0 Å². The number of carbonyl (C=O) groups excluding carboxylic acids is 1. The van der Waals surface area contributed by atoms with E-state index in [0.717, 1.165) is 6.54 Å². The highest BCUT2D eigenvalue weighted by atomic mass is 16.2. The summed E-state index contributed by atoms with van der Waals surface area (Å²) in [7, 11) is 0. The first-order valence-electron chi connectivity index (χ1n) is 8.61. The van der Waals surface area contributed by atoms with E-state index in [4.69, 9.17) is 0 Å². The van der Waals surface area contributed by atoms with Crippen molar-refractivity contribution in [1.82, 2.24) is 9.80 Å². The van der Waals surface area contributed by atoms with E-state index in [1.54, 1.807) is 6.92 Å². The lowest BCUT2D eigenvalue weighted by Crippen LogP contribution is -2.63. The molecule has 116 valence electrons. The average Bonchev–Trinajstić information content (AvgIpc) is 2.42. The molecule has 0 aliphatic carbocycles. The fourth-order valence-corrected chi connectivity index (χ4v) is 4.64. The van der Waals surface area contributed by atoms with Crippen molar-refractivity contribution in [3.8, 4) is 0 Å². The van der Waals surface area contributed by atoms with Crippen LogP contribution < -0.4 is 0 Å². The summed E-state index contributed by atoms with van der Waals surface area (Å²) in [4.78, 5) is 16.8. The summed E-state index contributed by atoms with van der Waals surface area (Å²) in [6, 6.07) is 1.13. The van der Waals surface area contributed by atoms with Crippen LogP contribution in [0.15, 0.2) is 0 Å². The van der Waals surface area contributed by atoms with E-state index in [1.165, 1.54) is 45.2 Å². The Morgan fingerprint density at radius 2 is 2.00 bits per heavy atom. The normalized spacial score (nSPS) is 34.9. The van der Waals surface area contributed by atoms with Gasteiger partial charge in [-0.1, -0.05) is 20.3 Å². The van der Waals surface area contributed by atoms with Gasteiger partial charge in [-0.15, -0.1) is 0 Å². The second kappa shape index (κ2) is 6.93. The zero-order valence-corrected chi connectivity index (χ0v) is 13.8. The van der Waals surface area contributed by atoms with Crippen molar-refractivity contribution in [3.05, 3.63) is 0 Å². The fraction of sp³-hybridized carbons (Fsp3) is 0.941. The smallest absolute Gasteiger partial charge is 0.219 e. The minimum absolute atomic E-state index is 0.268. The van der Waals surface area contributed by atoms with Gasteiger partial charge in [-0.05, 0) is 57.5 Å². The van der Waals surface area contributed by atoms with Crippen molar-refractivity contribution < 1.29 is 4.79 Å². The van der Waals surface area contributed by atoms with E-state index in [2.05, 4.69) is 30.6 Å². The molecule has 0 N–H and O–H groups in total. The summed E-state index contributed by atoms with van der Waals surface area (Å²) in [6.45, 7) is 12.1. The molecule has 2 aliphatic heterocycles. The summed E-state index contributed by atoms with van der Waals surface area (Å²) in [5, 5.41) is 0. The summed E-state index contributed by atoms with van der Waals surface area (Å²) < 4.78 is 0. The van der Waals surface area contributed by atoms with Crippen LogP contribution in [0.5, 0.6) is 0 Å². The molecule has 0 spiro atoms. The van der Waals surface area contributed by atoms with Crippen molar-refractivity contribution in [1.29, 1.82) is 0 Å². The van der Waals surface area contributed by atoms with Crippen LogP contribution in [0.1, 0.15) is 59.8 Å². The molecule has 2 heterocycles. The molecular weight excluding hydrogens is 248 g/mol. The number of carbonyl (C=O) groups is 1. The molecule has 1 amide bonds. The SMILES string of the molecule is CCCC1C2C(CCCN2CCC)CN(C(C)=O)C1C. The van der Waals surface area contributed by atoms with E-state index in [9.17, 15) is 4.79 Å². The first-order valence-corrected chi connectivity index (χ1v) is 8.61. The fourth-order valence-electron chi connectivity index (χ4n) is 4.64. The van der Waals surface area contributed by atoms with Crippen molar-refractivity contribution >= 4 is 5.91 Å². The van der Waals surface area contributed by atoms with Gasteiger partial charge in [0.25, 0.3) is 0 Å². The van der Waals surface area contributed by atoms with Gasteiger partial charge in [0, 0.05) is 25.6 Å². The predicted octanol–water partition coefficient (Wildman–Crippen LogP) is 3.14. The van der Waals surface area contributed by atoms with Crippen molar-refractivity contribution in [2.45, 2.75) is 71.9 Å². The maximum absolute atomic E-state index is 12.0. The largest absolute Gasteiger partial charge is 0.340 e. The van der Waals surface area contributed by atoms with Crippen LogP contribution in [0.2, 0.25) is 0 Å². The van der Waals surface area contributed by atoms with E-state index in [0.29, 0.717) is 23.9 Å². The molecule has 4 unspecified atom stereocenters. The number of fused-ring (bicyclic) bond motifs is 1. The van der Waals surface area contributed by atoms with Gasteiger partial charge in [0.05, 0.1) is 0 Å². The van der Waals surface area contributed by atoms with Crippen LogP contribution in [0.4, 0.5) is 0 Å². The van der Waals surface area contributed by atoms with Crippen molar-refractivity contribution in [2.75, 3.05) is 19.6 Å². The van der Waals surface area contributed by atoms with E-state index in [-0.39, 0.29) is 5.91 Å². The molecule has 2 aliphatic rings. The lowest BCUT2D eigenvalue weighted by molar-refractivity contribution is -0.140. The van der Waals surface area contributed by atoms with E-state index < -0.39 is 0 Å². The number of hydrogen-bond acceptors (Lipinski definition) is 2. The molecule has 2 fully saturated rings. The lowest BCUT2D eigenvalue weighted by Gasteiger charge is -2.54. The van der Waals surface area contributed by atoms with Gasteiger partial charge >= 0.3 is 0 Å². The van der Waals surface area contributed by atoms with Gasteiger partial charge in [0.15, 0.2) is 0 Å². The lowest BCUT2D eigenvalue weighted by atomic mass is 9.72. The molecule has 0 aromatic rings. The quantitative estimate of drug-likeness (QED) is 0.790. The van der Waals surface area contributed by atoms with Gasteiger partial charge in [0.2, 0.25) is 5.91 Å². The average molecular weight is 280 g/mol. The zero-order chi connectivity index (χ0) is 14.7. The maximum Gasteiger partial charge on any atom is 0.219 e.